The summed E-state index contributed by atoms with van der Waals surface area (Å²) in [6.45, 7) is 3.52. The summed E-state index contributed by atoms with van der Waals surface area (Å²) in [4.78, 5) is 29.3. The quantitative estimate of drug-likeness (QED) is 0.465. The van der Waals surface area contributed by atoms with Crippen molar-refractivity contribution in [2.24, 2.45) is 0 Å². The minimum atomic E-state index is -0.736. The van der Waals surface area contributed by atoms with Gasteiger partial charge in [0.1, 0.15) is 5.75 Å². The number of rotatable bonds is 5. The predicted octanol–water partition coefficient (Wildman–Crippen LogP) is 5.22. The Labute approximate surface area is 183 Å². The second kappa shape index (κ2) is 8.62. The molecule has 0 saturated heterocycles. The minimum absolute atomic E-state index is 0.181. The summed E-state index contributed by atoms with van der Waals surface area (Å²) in [6, 6.07) is 19.1. The average Bonchev–Trinajstić information content (AvgIpc) is 2.76. The highest BCUT2D eigenvalue weighted by molar-refractivity contribution is 6.30. The SMILES string of the molecule is Cc1cc(Cl)ccc1OC(C)C(=O)Nc1cccc(-c2nc3ccccc3c(=O)o2)c1. The van der Waals surface area contributed by atoms with Crippen LogP contribution in [0.15, 0.2) is 75.9 Å². The number of carbonyl (C=O) groups is 1. The van der Waals surface area contributed by atoms with Crippen molar-refractivity contribution in [1.82, 2.24) is 4.98 Å². The van der Waals surface area contributed by atoms with Crippen LogP contribution in [0.2, 0.25) is 5.02 Å². The van der Waals surface area contributed by atoms with Gasteiger partial charge >= 0.3 is 5.63 Å². The fourth-order valence-corrected chi connectivity index (χ4v) is 3.33. The van der Waals surface area contributed by atoms with Crippen molar-refractivity contribution in [1.29, 1.82) is 0 Å². The fraction of sp³-hybridized carbons (Fsp3) is 0.125. The number of nitrogens with zero attached hydrogens (tertiary/aromatic N) is 1. The normalized spacial score (nSPS) is 11.8. The number of amides is 1. The van der Waals surface area contributed by atoms with Crippen LogP contribution in [0.4, 0.5) is 5.69 Å². The van der Waals surface area contributed by atoms with Gasteiger partial charge in [-0.15, -0.1) is 0 Å². The van der Waals surface area contributed by atoms with E-state index in [2.05, 4.69) is 10.3 Å². The van der Waals surface area contributed by atoms with Gasteiger partial charge in [-0.2, -0.15) is 0 Å². The van der Waals surface area contributed by atoms with Crippen LogP contribution in [0, 0.1) is 6.92 Å². The standard InChI is InChI=1S/C24H19ClN2O4/c1-14-12-17(25)10-11-21(14)30-15(2)22(28)26-18-7-5-6-16(13-18)23-27-20-9-4-3-8-19(20)24(29)31-23/h3-13,15H,1-2H3,(H,26,28). The number of fused-ring (bicyclic) bond motifs is 1. The Morgan fingerprint density at radius 2 is 1.90 bits per heavy atom. The molecule has 0 aliphatic heterocycles. The van der Waals surface area contributed by atoms with E-state index in [0.29, 0.717) is 32.9 Å². The van der Waals surface area contributed by atoms with Gasteiger partial charge in [0.05, 0.1) is 10.9 Å². The first-order valence-electron chi connectivity index (χ1n) is 9.65. The zero-order valence-electron chi connectivity index (χ0n) is 16.9. The average molecular weight is 435 g/mol. The lowest BCUT2D eigenvalue weighted by atomic mass is 10.2. The maximum absolute atomic E-state index is 12.6. The number of carbonyl (C=O) groups excluding carboxylic acids is 1. The lowest BCUT2D eigenvalue weighted by Crippen LogP contribution is -2.30. The van der Waals surface area contributed by atoms with Crippen LogP contribution in [0.1, 0.15) is 12.5 Å². The topological polar surface area (TPSA) is 81.4 Å². The zero-order valence-corrected chi connectivity index (χ0v) is 17.6. The van der Waals surface area contributed by atoms with Gasteiger partial charge in [0, 0.05) is 16.3 Å². The largest absolute Gasteiger partial charge is 0.481 e. The molecule has 156 valence electrons. The number of hydrogen-bond acceptors (Lipinski definition) is 5. The van der Waals surface area contributed by atoms with E-state index < -0.39 is 11.7 Å². The Balaban J connectivity index is 1.53. The molecule has 31 heavy (non-hydrogen) atoms. The molecule has 1 amide bonds. The Morgan fingerprint density at radius 3 is 2.71 bits per heavy atom. The van der Waals surface area contributed by atoms with Crippen LogP contribution < -0.4 is 15.7 Å². The molecule has 7 heteroatoms. The van der Waals surface area contributed by atoms with Crippen molar-refractivity contribution in [3.05, 3.63) is 87.7 Å². The van der Waals surface area contributed by atoms with Crippen LogP contribution in [0.25, 0.3) is 22.4 Å². The first-order valence-corrected chi connectivity index (χ1v) is 10.0. The van der Waals surface area contributed by atoms with Crippen molar-refractivity contribution in [3.63, 3.8) is 0 Å². The van der Waals surface area contributed by atoms with Crippen LogP contribution in [0.3, 0.4) is 0 Å². The molecule has 0 aliphatic carbocycles. The van der Waals surface area contributed by atoms with Crippen molar-refractivity contribution in [2.75, 3.05) is 5.32 Å². The summed E-state index contributed by atoms with van der Waals surface area (Å²) in [6.07, 6.45) is -0.736. The molecule has 1 atom stereocenters. The number of halogens is 1. The number of aromatic nitrogens is 1. The zero-order chi connectivity index (χ0) is 22.0. The molecular formula is C24H19ClN2O4. The highest BCUT2D eigenvalue weighted by atomic mass is 35.5. The molecule has 1 N–H and O–H groups in total. The number of nitrogens with one attached hydrogen (secondary N) is 1. The molecule has 0 saturated carbocycles. The van der Waals surface area contributed by atoms with Gasteiger partial charge < -0.3 is 14.5 Å². The van der Waals surface area contributed by atoms with E-state index >= 15 is 0 Å². The van der Waals surface area contributed by atoms with E-state index in [1.165, 1.54) is 0 Å². The second-order valence-electron chi connectivity index (χ2n) is 7.06. The monoisotopic (exact) mass is 434 g/mol. The Morgan fingerprint density at radius 1 is 1.10 bits per heavy atom. The highest BCUT2D eigenvalue weighted by Gasteiger charge is 2.17. The summed E-state index contributed by atoms with van der Waals surface area (Å²) in [5, 5.41) is 3.84. The summed E-state index contributed by atoms with van der Waals surface area (Å²) in [5.41, 5.74) is 2.02. The lowest BCUT2D eigenvalue weighted by Gasteiger charge is -2.16. The summed E-state index contributed by atoms with van der Waals surface area (Å²) in [7, 11) is 0. The molecule has 1 unspecified atom stereocenters. The first kappa shape index (κ1) is 20.6. The molecule has 0 aliphatic rings. The van der Waals surface area contributed by atoms with Crippen molar-refractivity contribution < 1.29 is 13.9 Å². The molecular weight excluding hydrogens is 416 g/mol. The highest BCUT2D eigenvalue weighted by Crippen LogP contribution is 2.24. The Kier molecular flexibility index (Phi) is 5.73. The van der Waals surface area contributed by atoms with E-state index in [9.17, 15) is 9.59 Å². The third-order valence-corrected chi connectivity index (χ3v) is 4.96. The van der Waals surface area contributed by atoms with Gasteiger partial charge in [0.15, 0.2) is 6.10 Å². The molecule has 0 radical (unpaired) electrons. The fourth-order valence-electron chi connectivity index (χ4n) is 3.11. The maximum Gasteiger partial charge on any atom is 0.347 e. The third kappa shape index (κ3) is 4.59. The van der Waals surface area contributed by atoms with E-state index in [1.54, 1.807) is 73.7 Å². The van der Waals surface area contributed by atoms with Gasteiger partial charge in [-0.3, -0.25) is 4.79 Å². The molecule has 1 heterocycles. The van der Waals surface area contributed by atoms with Crippen LogP contribution in [-0.4, -0.2) is 17.0 Å². The van der Waals surface area contributed by atoms with Gasteiger partial charge in [-0.1, -0.05) is 29.8 Å². The number of ether oxygens (including phenoxy) is 1. The van der Waals surface area contributed by atoms with Gasteiger partial charge in [-0.25, -0.2) is 9.78 Å². The molecule has 0 bridgehead atoms. The maximum atomic E-state index is 12.6. The Bertz CT molecular complexity index is 1330. The smallest absolute Gasteiger partial charge is 0.347 e. The van der Waals surface area contributed by atoms with E-state index in [1.807, 2.05) is 6.92 Å². The van der Waals surface area contributed by atoms with Crippen LogP contribution in [0.5, 0.6) is 5.75 Å². The number of anilines is 1. The molecule has 4 aromatic rings. The van der Waals surface area contributed by atoms with Crippen LogP contribution in [-0.2, 0) is 4.79 Å². The number of hydrogen-bond donors (Lipinski definition) is 1. The number of aryl methyl sites for hydroxylation is 1. The summed E-state index contributed by atoms with van der Waals surface area (Å²) >= 11 is 5.96. The van der Waals surface area contributed by atoms with E-state index in [4.69, 9.17) is 20.8 Å². The lowest BCUT2D eigenvalue weighted by molar-refractivity contribution is -0.122. The summed E-state index contributed by atoms with van der Waals surface area (Å²) < 4.78 is 11.1. The Hall–Kier alpha value is -3.64. The van der Waals surface area contributed by atoms with Gasteiger partial charge in [-0.05, 0) is 67.9 Å². The molecule has 1 aromatic heterocycles. The molecule has 0 fully saturated rings. The minimum Gasteiger partial charge on any atom is -0.481 e. The predicted molar refractivity (Wildman–Crippen MR) is 121 cm³/mol. The number of para-hydroxylation sites is 1. The molecule has 6 nitrogen and oxygen atoms in total. The van der Waals surface area contributed by atoms with Crippen molar-refractivity contribution >= 4 is 34.1 Å². The molecule has 4 rings (SSSR count). The number of benzene rings is 3. The van der Waals surface area contributed by atoms with E-state index in [-0.39, 0.29) is 11.8 Å². The summed E-state index contributed by atoms with van der Waals surface area (Å²) in [5.74, 6) is 0.447. The van der Waals surface area contributed by atoms with Gasteiger partial charge in [0.25, 0.3) is 5.91 Å². The van der Waals surface area contributed by atoms with Gasteiger partial charge in [0.2, 0.25) is 5.89 Å². The van der Waals surface area contributed by atoms with Crippen LogP contribution >= 0.6 is 11.6 Å². The van der Waals surface area contributed by atoms with Crippen molar-refractivity contribution in [2.45, 2.75) is 20.0 Å². The van der Waals surface area contributed by atoms with E-state index in [0.717, 1.165) is 5.56 Å². The van der Waals surface area contributed by atoms with Crippen molar-refractivity contribution in [3.8, 4) is 17.2 Å². The molecule has 3 aromatic carbocycles. The second-order valence-corrected chi connectivity index (χ2v) is 7.50. The first-order chi connectivity index (χ1) is 14.9. The molecule has 0 spiro atoms. The third-order valence-electron chi connectivity index (χ3n) is 4.72.